The Morgan fingerprint density at radius 1 is 1.03 bits per heavy atom. The molecule has 3 aliphatic rings. The van der Waals surface area contributed by atoms with Crippen molar-refractivity contribution in [2.24, 2.45) is 10.7 Å². The van der Waals surface area contributed by atoms with Crippen LogP contribution in [0.4, 0.5) is 0 Å². The third kappa shape index (κ3) is 9.00. The van der Waals surface area contributed by atoms with Crippen molar-refractivity contribution in [3.63, 3.8) is 0 Å². The first kappa shape index (κ1) is 27.4. The quantitative estimate of drug-likeness (QED) is 0.357. The summed E-state index contributed by atoms with van der Waals surface area (Å²) in [5.41, 5.74) is 11.1. The van der Waals surface area contributed by atoms with Gasteiger partial charge in [-0.15, -0.1) is 0 Å². The molecule has 1 aromatic rings. The maximum Gasteiger partial charge on any atom is 0.152 e. The van der Waals surface area contributed by atoms with Gasteiger partial charge in [0.2, 0.25) is 0 Å². The van der Waals surface area contributed by atoms with Crippen LogP contribution in [-0.4, -0.2) is 48.7 Å². The summed E-state index contributed by atoms with van der Waals surface area (Å²) in [4.78, 5) is 18.9. The highest BCUT2D eigenvalue weighted by atomic mass is 16.1. The minimum atomic E-state index is 0.305. The van der Waals surface area contributed by atoms with E-state index in [-0.39, 0.29) is 0 Å². The van der Waals surface area contributed by atoms with Crippen molar-refractivity contribution in [3.8, 4) is 0 Å². The van der Waals surface area contributed by atoms with Crippen LogP contribution in [0.25, 0.3) is 0 Å². The Morgan fingerprint density at radius 3 is 2.59 bits per heavy atom. The Bertz CT molecular complexity index is 974. The number of hydrogen-bond acceptors (Lipinski definition) is 6. The molecule has 0 radical (unpaired) electrons. The van der Waals surface area contributed by atoms with E-state index in [0.29, 0.717) is 31.1 Å². The van der Waals surface area contributed by atoms with Crippen LogP contribution in [0.3, 0.4) is 0 Å². The lowest BCUT2D eigenvalue weighted by Crippen LogP contribution is -2.37. The molecule has 5 N–H and O–H groups in total. The van der Waals surface area contributed by atoms with Gasteiger partial charge in [-0.1, -0.05) is 43.5 Å². The van der Waals surface area contributed by atoms with Crippen LogP contribution in [-0.2, 0) is 17.9 Å². The molecule has 1 aliphatic carbocycles. The van der Waals surface area contributed by atoms with Gasteiger partial charge in [-0.3, -0.25) is 9.79 Å². The molecule has 0 spiro atoms. The molecule has 0 atom stereocenters. The zero-order valence-electron chi connectivity index (χ0n) is 22.7. The number of Topliss-reactive ketones (excluding diaryl/α,β-unsaturated/α-hetero) is 1. The van der Waals surface area contributed by atoms with Crippen molar-refractivity contribution in [1.82, 2.24) is 20.9 Å². The van der Waals surface area contributed by atoms with Crippen molar-refractivity contribution < 1.29 is 4.79 Å². The zero-order valence-corrected chi connectivity index (χ0v) is 22.7. The van der Waals surface area contributed by atoms with Crippen LogP contribution in [0.1, 0.15) is 82.3 Å². The van der Waals surface area contributed by atoms with E-state index in [1.54, 1.807) is 0 Å². The molecular formula is C30H46N6O. The number of allylic oxidation sites excluding steroid dienone is 2. The summed E-state index contributed by atoms with van der Waals surface area (Å²) in [6.07, 6.45) is 13.3. The number of piperidine rings is 1. The number of aliphatic imine (C=N–C) groups is 1. The molecule has 1 saturated heterocycles. The predicted octanol–water partition coefficient (Wildman–Crippen LogP) is 4.11. The maximum absolute atomic E-state index is 11.9. The molecule has 2 aliphatic heterocycles. The normalized spacial score (nSPS) is 21.0. The van der Waals surface area contributed by atoms with Gasteiger partial charge in [0.05, 0.1) is 13.1 Å². The Balaban J connectivity index is 1.19. The fraction of sp³-hybridized carbons (Fsp3) is 0.600. The monoisotopic (exact) mass is 506 g/mol. The van der Waals surface area contributed by atoms with Gasteiger partial charge >= 0.3 is 0 Å². The van der Waals surface area contributed by atoms with E-state index in [2.05, 4.69) is 52.0 Å². The van der Waals surface area contributed by atoms with Crippen LogP contribution in [0.5, 0.6) is 0 Å². The molecule has 2 fully saturated rings. The van der Waals surface area contributed by atoms with Gasteiger partial charge in [0.1, 0.15) is 11.7 Å². The second-order valence-electron chi connectivity index (χ2n) is 10.9. The van der Waals surface area contributed by atoms with Gasteiger partial charge in [0, 0.05) is 43.7 Å². The standard InChI is InChI=1S/C30H46N6O/c1-23-10-15-30(35-29(31)19-28(23)36-18-5-9-27(37)22-36)34-21-25-13-11-24(12-14-25)20-32-16-6-17-33-26-7-3-2-4-8-26/h11-14,19,26,32-33H,2-10,15-18,20-22,31H2,1H3,(H,34,35). The van der Waals surface area contributed by atoms with Crippen molar-refractivity contribution in [3.05, 3.63) is 58.6 Å². The molecule has 7 heteroatoms. The lowest BCUT2D eigenvalue weighted by atomic mass is 9.95. The summed E-state index contributed by atoms with van der Waals surface area (Å²) in [5.74, 6) is 1.80. The third-order valence-corrected chi connectivity index (χ3v) is 7.72. The van der Waals surface area contributed by atoms with Crippen LogP contribution < -0.4 is 21.7 Å². The summed E-state index contributed by atoms with van der Waals surface area (Å²) in [6, 6.07) is 9.48. The van der Waals surface area contributed by atoms with E-state index in [9.17, 15) is 4.79 Å². The molecule has 0 unspecified atom stereocenters. The summed E-state index contributed by atoms with van der Waals surface area (Å²) >= 11 is 0. The van der Waals surface area contributed by atoms with E-state index >= 15 is 0 Å². The molecule has 0 bridgehead atoms. The molecule has 1 saturated carbocycles. The summed E-state index contributed by atoms with van der Waals surface area (Å²) in [5, 5.41) is 10.6. The van der Waals surface area contributed by atoms with Crippen molar-refractivity contribution in [2.75, 3.05) is 26.2 Å². The van der Waals surface area contributed by atoms with Crippen LogP contribution in [0, 0.1) is 0 Å². The zero-order chi connectivity index (χ0) is 25.9. The largest absolute Gasteiger partial charge is 0.385 e. The van der Waals surface area contributed by atoms with Gasteiger partial charge in [0.25, 0.3) is 0 Å². The van der Waals surface area contributed by atoms with Crippen molar-refractivity contribution in [1.29, 1.82) is 0 Å². The average molecular weight is 507 g/mol. The molecule has 4 rings (SSSR count). The summed E-state index contributed by atoms with van der Waals surface area (Å²) in [6.45, 7) is 7.22. The first-order chi connectivity index (χ1) is 18.1. The number of nitrogens with zero attached hydrogens (tertiary/aromatic N) is 2. The minimum Gasteiger partial charge on any atom is -0.385 e. The Labute approximate surface area is 223 Å². The van der Waals surface area contributed by atoms with Gasteiger partial charge in [0.15, 0.2) is 5.78 Å². The number of amidine groups is 1. The number of benzene rings is 1. The smallest absolute Gasteiger partial charge is 0.152 e. The minimum absolute atomic E-state index is 0.305. The topological polar surface area (TPSA) is 94.8 Å². The average Bonchev–Trinajstić information content (AvgIpc) is 2.91. The number of ketones is 1. The van der Waals surface area contributed by atoms with Crippen molar-refractivity contribution >= 4 is 11.6 Å². The molecule has 7 nitrogen and oxygen atoms in total. The van der Waals surface area contributed by atoms with Gasteiger partial charge in [-0.05, 0) is 68.8 Å². The van der Waals surface area contributed by atoms with Crippen LogP contribution in [0.2, 0.25) is 0 Å². The molecular weight excluding hydrogens is 460 g/mol. The SMILES string of the molecule is CC1=C(N2CCCC(=O)C2)C=C(N)NC(=NCc2ccc(CNCCCNC3CCCCC3)cc2)CC1. The number of nitrogens with two attached hydrogens (primary N) is 1. The first-order valence-electron chi connectivity index (χ1n) is 14.3. The van der Waals surface area contributed by atoms with E-state index in [0.717, 1.165) is 63.0 Å². The fourth-order valence-electron chi connectivity index (χ4n) is 5.50. The number of hydrogen-bond donors (Lipinski definition) is 4. The van der Waals surface area contributed by atoms with Gasteiger partial charge in [-0.2, -0.15) is 0 Å². The number of carbonyl (C=O) groups excluding carboxylic acids is 1. The van der Waals surface area contributed by atoms with E-state index in [1.165, 1.54) is 55.2 Å². The van der Waals surface area contributed by atoms with E-state index < -0.39 is 0 Å². The molecule has 2 heterocycles. The van der Waals surface area contributed by atoms with Gasteiger partial charge < -0.3 is 26.6 Å². The second kappa shape index (κ2) is 14.3. The second-order valence-corrected chi connectivity index (χ2v) is 10.9. The summed E-state index contributed by atoms with van der Waals surface area (Å²) < 4.78 is 0. The van der Waals surface area contributed by atoms with Crippen LogP contribution >= 0.6 is 0 Å². The Kier molecular flexibility index (Phi) is 10.6. The molecule has 0 amide bonds. The fourth-order valence-corrected chi connectivity index (χ4v) is 5.50. The number of carbonyl (C=O) groups is 1. The lowest BCUT2D eigenvalue weighted by Gasteiger charge is -2.31. The molecule has 202 valence electrons. The third-order valence-electron chi connectivity index (χ3n) is 7.72. The highest BCUT2D eigenvalue weighted by molar-refractivity contribution is 5.84. The van der Waals surface area contributed by atoms with Crippen LogP contribution in [0.15, 0.2) is 52.4 Å². The lowest BCUT2D eigenvalue weighted by molar-refractivity contribution is -0.121. The number of likely N-dealkylation sites (tertiary alicyclic amines) is 1. The van der Waals surface area contributed by atoms with Crippen molar-refractivity contribution in [2.45, 2.75) is 90.3 Å². The van der Waals surface area contributed by atoms with E-state index in [4.69, 9.17) is 10.7 Å². The number of nitrogens with one attached hydrogen (secondary N) is 3. The Hall–Kier alpha value is -2.64. The van der Waals surface area contributed by atoms with E-state index in [1.807, 2.05) is 6.08 Å². The Morgan fingerprint density at radius 2 is 1.81 bits per heavy atom. The molecule has 1 aromatic carbocycles. The predicted molar refractivity (Wildman–Crippen MR) is 152 cm³/mol. The summed E-state index contributed by atoms with van der Waals surface area (Å²) in [7, 11) is 0. The first-order valence-corrected chi connectivity index (χ1v) is 14.3. The maximum atomic E-state index is 11.9. The molecule has 37 heavy (non-hydrogen) atoms. The highest BCUT2D eigenvalue weighted by Gasteiger charge is 2.21. The van der Waals surface area contributed by atoms with Gasteiger partial charge in [-0.25, -0.2) is 0 Å². The molecule has 0 aromatic heterocycles. The number of rotatable bonds is 10. The highest BCUT2D eigenvalue weighted by Crippen LogP contribution is 2.22.